The molecule has 1 heterocycles. The lowest BCUT2D eigenvalue weighted by Gasteiger charge is -2.46. The van der Waals surface area contributed by atoms with Crippen LogP contribution in [0.3, 0.4) is 0 Å². The van der Waals surface area contributed by atoms with E-state index in [1.54, 1.807) is 6.08 Å². The van der Waals surface area contributed by atoms with Crippen LogP contribution in [-0.2, 0) is 27.9 Å². The predicted molar refractivity (Wildman–Crippen MR) is 189 cm³/mol. The van der Waals surface area contributed by atoms with Gasteiger partial charge in [0.1, 0.15) is 12.2 Å². The third-order valence-electron chi connectivity index (χ3n) is 11.4. The Bertz CT molecular complexity index is 1140. The molecule has 0 N–H and O–H groups in total. The molecular formula is C37H64O6Si2. The van der Waals surface area contributed by atoms with Gasteiger partial charge in [0.15, 0.2) is 16.6 Å². The number of carbonyl (C=O) groups is 2. The van der Waals surface area contributed by atoms with Crippen LogP contribution in [0.15, 0.2) is 36.5 Å². The standard InChI is InChI=1S/C37H64O6Si2/c1-15-20-37(9,10)34(39)41-31-23-28(42-44(11,12)35(3,4)5)21-26-17-16-25(2)30(33(26)31)19-18-27-22-29(24-32(38)40-27)43-45(13,14)36(6,7)8/h15-17,21,25,27-31,33H,1,18-20,22-24H2,2-14H3. The highest BCUT2D eigenvalue weighted by molar-refractivity contribution is 6.74. The summed E-state index contributed by atoms with van der Waals surface area (Å²) in [7, 11) is -4.07. The molecular weight excluding hydrogens is 597 g/mol. The maximum absolute atomic E-state index is 13.6. The highest BCUT2D eigenvalue weighted by Gasteiger charge is 2.47. The van der Waals surface area contributed by atoms with Gasteiger partial charge in [0.2, 0.25) is 0 Å². The van der Waals surface area contributed by atoms with E-state index in [0.29, 0.717) is 25.2 Å². The highest BCUT2D eigenvalue weighted by Crippen LogP contribution is 2.47. The van der Waals surface area contributed by atoms with Gasteiger partial charge in [0, 0.05) is 18.8 Å². The maximum Gasteiger partial charge on any atom is 0.312 e. The first-order valence-corrected chi connectivity index (χ1v) is 23.1. The molecule has 1 aliphatic heterocycles. The Morgan fingerprint density at radius 3 is 2.16 bits per heavy atom. The second kappa shape index (κ2) is 13.9. The molecule has 3 aliphatic rings. The molecule has 45 heavy (non-hydrogen) atoms. The first-order chi connectivity index (χ1) is 20.5. The molecule has 0 spiro atoms. The van der Waals surface area contributed by atoms with Crippen molar-refractivity contribution < 1.29 is 27.9 Å². The molecule has 0 amide bonds. The van der Waals surface area contributed by atoms with Gasteiger partial charge in [-0.2, -0.15) is 0 Å². The summed E-state index contributed by atoms with van der Waals surface area (Å²) in [5.41, 5.74) is 0.548. The summed E-state index contributed by atoms with van der Waals surface area (Å²) < 4.78 is 25.9. The zero-order valence-electron chi connectivity index (χ0n) is 30.8. The molecule has 256 valence electrons. The molecule has 2 aliphatic carbocycles. The minimum absolute atomic E-state index is 0.0614. The predicted octanol–water partition coefficient (Wildman–Crippen LogP) is 9.54. The fourth-order valence-corrected chi connectivity index (χ4v) is 9.07. The lowest BCUT2D eigenvalue weighted by Crippen LogP contribution is -2.49. The molecule has 0 radical (unpaired) electrons. The van der Waals surface area contributed by atoms with Gasteiger partial charge in [-0.1, -0.05) is 72.8 Å². The summed E-state index contributed by atoms with van der Waals surface area (Å²) in [6.07, 6.45) is 11.8. The largest absolute Gasteiger partial charge is 0.462 e. The second-order valence-corrected chi connectivity index (χ2v) is 27.2. The van der Waals surface area contributed by atoms with Crippen LogP contribution in [0.2, 0.25) is 36.3 Å². The Labute approximate surface area is 277 Å². The first-order valence-electron chi connectivity index (χ1n) is 17.2. The third-order valence-corrected chi connectivity index (χ3v) is 20.4. The molecule has 7 unspecified atom stereocenters. The lowest BCUT2D eigenvalue weighted by atomic mass is 9.66. The lowest BCUT2D eigenvalue weighted by molar-refractivity contribution is -0.166. The van der Waals surface area contributed by atoms with Crippen LogP contribution < -0.4 is 0 Å². The van der Waals surface area contributed by atoms with E-state index in [1.807, 2.05) is 13.8 Å². The Morgan fingerprint density at radius 1 is 0.978 bits per heavy atom. The van der Waals surface area contributed by atoms with Gasteiger partial charge < -0.3 is 18.3 Å². The molecule has 8 heteroatoms. The molecule has 0 aromatic rings. The number of rotatable bonds is 11. The summed E-state index contributed by atoms with van der Waals surface area (Å²) in [4.78, 5) is 26.3. The van der Waals surface area contributed by atoms with Gasteiger partial charge in [-0.05, 0) is 86.8 Å². The number of carbonyl (C=O) groups excluding carboxylic acids is 2. The van der Waals surface area contributed by atoms with E-state index in [0.717, 1.165) is 19.3 Å². The zero-order chi connectivity index (χ0) is 34.2. The second-order valence-electron chi connectivity index (χ2n) is 17.7. The van der Waals surface area contributed by atoms with Gasteiger partial charge in [-0.25, -0.2) is 0 Å². The van der Waals surface area contributed by atoms with E-state index < -0.39 is 22.0 Å². The summed E-state index contributed by atoms with van der Waals surface area (Å²) in [6.45, 7) is 32.5. The van der Waals surface area contributed by atoms with Crippen LogP contribution in [0.1, 0.15) is 101 Å². The summed E-state index contributed by atoms with van der Waals surface area (Å²) >= 11 is 0. The minimum Gasteiger partial charge on any atom is -0.462 e. The number of fused-ring (bicyclic) bond motifs is 1. The van der Waals surface area contributed by atoms with Crippen molar-refractivity contribution in [3.8, 4) is 0 Å². The molecule has 1 fully saturated rings. The summed E-state index contributed by atoms with van der Waals surface area (Å²) in [5, 5.41) is 0.153. The number of allylic oxidation sites excluding steroid dienone is 3. The first kappa shape index (κ1) is 38.0. The van der Waals surface area contributed by atoms with E-state index in [-0.39, 0.29) is 58.3 Å². The number of cyclic esters (lactones) is 1. The number of hydrogen-bond donors (Lipinski definition) is 0. The van der Waals surface area contributed by atoms with Crippen LogP contribution in [-0.4, -0.2) is 53.0 Å². The van der Waals surface area contributed by atoms with Gasteiger partial charge in [0.25, 0.3) is 0 Å². The van der Waals surface area contributed by atoms with E-state index >= 15 is 0 Å². The monoisotopic (exact) mass is 660 g/mol. The Morgan fingerprint density at radius 2 is 1.58 bits per heavy atom. The molecule has 0 saturated carbocycles. The van der Waals surface area contributed by atoms with Crippen LogP contribution in [0.5, 0.6) is 0 Å². The van der Waals surface area contributed by atoms with Crippen LogP contribution in [0, 0.1) is 23.2 Å². The van der Waals surface area contributed by atoms with E-state index in [2.05, 4.69) is 99.5 Å². The Balaban J connectivity index is 1.86. The minimum atomic E-state index is -2.06. The quantitative estimate of drug-likeness (QED) is 0.125. The van der Waals surface area contributed by atoms with E-state index in [9.17, 15) is 9.59 Å². The molecule has 0 aromatic carbocycles. The molecule has 6 nitrogen and oxygen atoms in total. The van der Waals surface area contributed by atoms with Gasteiger partial charge in [-0.3, -0.25) is 9.59 Å². The highest BCUT2D eigenvalue weighted by atomic mass is 28.4. The summed E-state index contributed by atoms with van der Waals surface area (Å²) in [6, 6.07) is 0. The van der Waals surface area contributed by atoms with Crippen molar-refractivity contribution in [2.75, 3.05) is 0 Å². The van der Waals surface area contributed by atoms with Crippen LogP contribution >= 0.6 is 0 Å². The van der Waals surface area contributed by atoms with E-state index in [4.69, 9.17) is 18.3 Å². The fraction of sp³-hybridized carbons (Fsp3) is 0.784. The molecule has 1 saturated heterocycles. The molecule has 0 aromatic heterocycles. The third kappa shape index (κ3) is 9.32. The van der Waals surface area contributed by atoms with Crippen molar-refractivity contribution in [2.24, 2.45) is 23.2 Å². The normalized spacial score (nSPS) is 29.8. The van der Waals surface area contributed by atoms with Crippen molar-refractivity contribution in [3.05, 3.63) is 36.5 Å². The Hall–Kier alpha value is -1.49. The maximum atomic E-state index is 13.6. The number of hydrogen-bond acceptors (Lipinski definition) is 6. The summed E-state index contributed by atoms with van der Waals surface area (Å²) in [5.74, 6) is 0.257. The van der Waals surface area contributed by atoms with Crippen molar-refractivity contribution in [1.29, 1.82) is 0 Å². The van der Waals surface area contributed by atoms with Crippen molar-refractivity contribution >= 4 is 28.6 Å². The van der Waals surface area contributed by atoms with Crippen molar-refractivity contribution in [1.82, 2.24) is 0 Å². The van der Waals surface area contributed by atoms with Crippen LogP contribution in [0.25, 0.3) is 0 Å². The number of esters is 2. The van der Waals surface area contributed by atoms with Crippen LogP contribution in [0.4, 0.5) is 0 Å². The molecule has 7 atom stereocenters. The average Bonchev–Trinajstić information content (AvgIpc) is 2.86. The average molecular weight is 661 g/mol. The van der Waals surface area contributed by atoms with Gasteiger partial charge in [0.05, 0.1) is 24.0 Å². The van der Waals surface area contributed by atoms with Gasteiger partial charge in [-0.15, -0.1) is 6.58 Å². The van der Waals surface area contributed by atoms with Gasteiger partial charge >= 0.3 is 11.9 Å². The number of ether oxygens (including phenoxy) is 2. The SMILES string of the molecule is C=CCC(C)(C)C(=O)OC1CC(O[Si](C)(C)C(C)(C)C)C=C2C=CC(C)C(CCC3CC(O[Si](C)(C)C(C)(C)C)CC(=O)O3)C21. The van der Waals surface area contributed by atoms with Crippen molar-refractivity contribution in [2.45, 2.75) is 162 Å². The fourth-order valence-electron chi connectivity index (χ4n) is 6.43. The zero-order valence-corrected chi connectivity index (χ0v) is 32.8. The molecule has 3 rings (SSSR count). The smallest absolute Gasteiger partial charge is 0.312 e. The van der Waals surface area contributed by atoms with Crippen molar-refractivity contribution in [3.63, 3.8) is 0 Å². The topological polar surface area (TPSA) is 71.1 Å². The molecule has 0 bridgehead atoms. The Kier molecular flexibility index (Phi) is 11.8. The van der Waals surface area contributed by atoms with E-state index in [1.165, 1.54) is 5.57 Å².